The van der Waals surface area contributed by atoms with Gasteiger partial charge in [-0.3, -0.25) is 4.57 Å². The summed E-state index contributed by atoms with van der Waals surface area (Å²) >= 11 is 0. The Morgan fingerprint density at radius 2 is 2.14 bits per heavy atom. The standard InChI is InChI=1S/C8H18NO4P/c1-2-3-4-5-7-13-14(11,12)8-6-9-10/h6,10H,2-5,7-8H2,1H3,(H,11,12). The maximum absolute atomic E-state index is 11.1. The smallest absolute Gasteiger partial charge is 0.333 e. The van der Waals surface area contributed by atoms with Crippen molar-refractivity contribution in [2.75, 3.05) is 12.8 Å². The quantitative estimate of drug-likeness (QED) is 0.217. The van der Waals surface area contributed by atoms with Gasteiger partial charge in [-0.05, 0) is 6.42 Å². The zero-order valence-electron chi connectivity index (χ0n) is 8.43. The normalized spacial score (nSPS) is 15.9. The van der Waals surface area contributed by atoms with E-state index in [4.69, 9.17) is 14.6 Å². The van der Waals surface area contributed by atoms with Crippen LogP contribution in [0.4, 0.5) is 0 Å². The summed E-state index contributed by atoms with van der Waals surface area (Å²) in [5.74, 6) is 0. The number of nitrogens with zero attached hydrogens (tertiary/aromatic N) is 1. The molecular formula is C8H18NO4P. The monoisotopic (exact) mass is 223 g/mol. The molecule has 1 atom stereocenters. The highest BCUT2D eigenvalue weighted by Crippen LogP contribution is 2.40. The van der Waals surface area contributed by atoms with E-state index < -0.39 is 7.60 Å². The number of rotatable bonds is 8. The molecule has 0 fully saturated rings. The lowest BCUT2D eigenvalue weighted by atomic mass is 10.2. The van der Waals surface area contributed by atoms with Gasteiger partial charge in [0, 0.05) is 0 Å². The van der Waals surface area contributed by atoms with Crippen LogP contribution in [0.3, 0.4) is 0 Å². The molecule has 0 amide bonds. The third kappa shape index (κ3) is 8.23. The summed E-state index contributed by atoms with van der Waals surface area (Å²) in [5, 5.41) is 10.7. The van der Waals surface area contributed by atoms with E-state index in [1.165, 1.54) is 0 Å². The van der Waals surface area contributed by atoms with Gasteiger partial charge < -0.3 is 14.6 Å². The maximum Gasteiger partial charge on any atom is 0.333 e. The second kappa shape index (κ2) is 7.97. The van der Waals surface area contributed by atoms with E-state index in [-0.39, 0.29) is 12.8 Å². The van der Waals surface area contributed by atoms with Crippen LogP contribution >= 0.6 is 7.60 Å². The van der Waals surface area contributed by atoms with Crippen LogP contribution in [0, 0.1) is 0 Å². The van der Waals surface area contributed by atoms with E-state index in [1.54, 1.807) is 0 Å². The van der Waals surface area contributed by atoms with Crippen LogP contribution in [0.1, 0.15) is 32.6 Å². The third-order valence-corrected chi connectivity index (χ3v) is 2.90. The molecule has 1 unspecified atom stereocenters. The fourth-order valence-electron chi connectivity index (χ4n) is 0.928. The first-order chi connectivity index (χ1) is 6.62. The molecule has 2 N–H and O–H groups in total. The largest absolute Gasteiger partial charge is 0.411 e. The molecular weight excluding hydrogens is 205 g/mol. The van der Waals surface area contributed by atoms with Gasteiger partial charge in [0.2, 0.25) is 0 Å². The molecule has 0 aliphatic rings. The molecule has 0 saturated carbocycles. The Morgan fingerprint density at radius 3 is 2.71 bits per heavy atom. The Morgan fingerprint density at radius 1 is 1.43 bits per heavy atom. The molecule has 0 aromatic carbocycles. The van der Waals surface area contributed by atoms with Crippen molar-refractivity contribution in [2.24, 2.45) is 5.16 Å². The summed E-state index contributed by atoms with van der Waals surface area (Å²) < 4.78 is 15.9. The molecule has 6 heteroatoms. The van der Waals surface area contributed by atoms with E-state index >= 15 is 0 Å². The van der Waals surface area contributed by atoms with E-state index in [1.807, 2.05) is 0 Å². The summed E-state index contributed by atoms with van der Waals surface area (Å²) in [6.07, 6.45) is 4.74. The molecule has 0 radical (unpaired) electrons. The summed E-state index contributed by atoms with van der Waals surface area (Å²) in [6, 6.07) is 0. The minimum Gasteiger partial charge on any atom is -0.411 e. The molecule has 0 bridgehead atoms. The summed E-state index contributed by atoms with van der Waals surface area (Å²) in [4.78, 5) is 9.13. The van der Waals surface area contributed by atoms with Crippen molar-refractivity contribution in [3.8, 4) is 0 Å². The van der Waals surface area contributed by atoms with Crippen molar-refractivity contribution in [1.82, 2.24) is 0 Å². The maximum atomic E-state index is 11.1. The number of hydrogen-bond acceptors (Lipinski definition) is 4. The first kappa shape index (κ1) is 13.6. The van der Waals surface area contributed by atoms with Crippen molar-refractivity contribution < 1.29 is 19.2 Å². The Labute approximate surface area is 84.3 Å². The zero-order valence-corrected chi connectivity index (χ0v) is 9.32. The highest BCUT2D eigenvalue weighted by Gasteiger charge is 2.16. The van der Waals surface area contributed by atoms with E-state index in [9.17, 15) is 4.57 Å². The Balaban J connectivity index is 3.50. The molecule has 84 valence electrons. The lowest BCUT2D eigenvalue weighted by Crippen LogP contribution is -1.98. The number of unbranched alkanes of at least 4 members (excludes halogenated alkanes) is 3. The van der Waals surface area contributed by atoms with Gasteiger partial charge in [-0.2, -0.15) is 0 Å². The van der Waals surface area contributed by atoms with E-state index in [2.05, 4.69) is 12.1 Å². The molecule has 0 aliphatic carbocycles. The van der Waals surface area contributed by atoms with Crippen LogP contribution in [0.5, 0.6) is 0 Å². The SMILES string of the molecule is CCCCCCOP(=O)(O)CC=NO. The Bertz CT molecular complexity index is 208. The van der Waals surface area contributed by atoms with Gasteiger partial charge >= 0.3 is 7.60 Å². The number of oxime groups is 1. The minimum absolute atomic E-state index is 0.239. The van der Waals surface area contributed by atoms with Crippen molar-refractivity contribution in [3.05, 3.63) is 0 Å². The van der Waals surface area contributed by atoms with Crippen molar-refractivity contribution in [1.29, 1.82) is 0 Å². The van der Waals surface area contributed by atoms with Crippen molar-refractivity contribution in [3.63, 3.8) is 0 Å². The molecule has 0 heterocycles. The van der Waals surface area contributed by atoms with E-state index in [0.717, 1.165) is 31.9 Å². The molecule has 0 aromatic rings. The van der Waals surface area contributed by atoms with Crippen LogP contribution in [-0.2, 0) is 9.09 Å². The van der Waals surface area contributed by atoms with Crippen LogP contribution in [0.15, 0.2) is 5.16 Å². The molecule has 0 aromatic heterocycles. The third-order valence-electron chi connectivity index (χ3n) is 1.68. The van der Waals surface area contributed by atoms with Crippen molar-refractivity contribution in [2.45, 2.75) is 32.6 Å². The molecule has 5 nitrogen and oxygen atoms in total. The van der Waals surface area contributed by atoms with Gasteiger partial charge in [0.25, 0.3) is 0 Å². The fourth-order valence-corrected chi connectivity index (χ4v) is 1.73. The highest BCUT2D eigenvalue weighted by atomic mass is 31.2. The second-order valence-electron chi connectivity index (χ2n) is 3.01. The van der Waals surface area contributed by atoms with Crippen molar-refractivity contribution >= 4 is 13.8 Å². The Kier molecular flexibility index (Phi) is 7.76. The first-order valence-corrected chi connectivity index (χ1v) is 6.51. The van der Waals surface area contributed by atoms with Gasteiger partial charge in [-0.15, -0.1) is 5.16 Å². The lowest BCUT2D eigenvalue weighted by Gasteiger charge is -2.08. The predicted octanol–water partition coefficient (Wildman–Crippen LogP) is 2.23. The Hall–Kier alpha value is -0.380. The fraction of sp³-hybridized carbons (Fsp3) is 0.875. The molecule has 0 spiro atoms. The van der Waals surface area contributed by atoms with Crippen LogP contribution < -0.4 is 0 Å². The summed E-state index contributed by atoms with van der Waals surface area (Å²) in [7, 11) is -3.57. The second-order valence-corrected chi connectivity index (χ2v) is 4.91. The number of hydrogen-bond donors (Lipinski definition) is 2. The first-order valence-electron chi connectivity index (χ1n) is 4.74. The highest BCUT2D eigenvalue weighted by molar-refractivity contribution is 7.53. The van der Waals surface area contributed by atoms with Gasteiger partial charge in [0.1, 0.15) is 0 Å². The average molecular weight is 223 g/mol. The zero-order chi connectivity index (χ0) is 10.9. The summed E-state index contributed by atoms with van der Waals surface area (Å²) in [5.41, 5.74) is 0. The van der Waals surface area contributed by atoms with Crippen LogP contribution in [0.25, 0.3) is 0 Å². The van der Waals surface area contributed by atoms with Gasteiger partial charge in [0.05, 0.1) is 19.0 Å². The van der Waals surface area contributed by atoms with Gasteiger partial charge in [0.15, 0.2) is 0 Å². The van der Waals surface area contributed by atoms with Gasteiger partial charge in [-0.25, -0.2) is 0 Å². The van der Waals surface area contributed by atoms with Crippen LogP contribution in [0.2, 0.25) is 0 Å². The molecule has 0 saturated heterocycles. The van der Waals surface area contributed by atoms with E-state index in [0.29, 0.717) is 0 Å². The van der Waals surface area contributed by atoms with Gasteiger partial charge in [-0.1, -0.05) is 26.2 Å². The molecule has 14 heavy (non-hydrogen) atoms. The molecule has 0 rings (SSSR count). The lowest BCUT2D eigenvalue weighted by molar-refractivity contribution is 0.255. The minimum atomic E-state index is -3.57. The topological polar surface area (TPSA) is 79.1 Å². The predicted molar refractivity (Wildman–Crippen MR) is 55.1 cm³/mol. The average Bonchev–Trinajstić information content (AvgIpc) is 2.15. The van der Waals surface area contributed by atoms with Crippen LogP contribution in [-0.4, -0.2) is 29.1 Å². The molecule has 0 aliphatic heterocycles. The summed E-state index contributed by atoms with van der Waals surface area (Å²) in [6.45, 7) is 2.38.